The Morgan fingerprint density at radius 1 is 1.38 bits per heavy atom. The Morgan fingerprint density at radius 3 is 2.15 bits per heavy atom. The molecule has 13 heavy (non-hydrogen) atoms. The van der Waals surface area contributed by atoms with Gasteiger partial charge in [-0.15, -0.1) is 0 Å². The Kier molecular flexibility index (Phi) is 2.91. The minimum Gasteiger partial charge on any atom is -0.386 e. The molecule has 2 atom stereocenters. The lowest BCUT2D eigenvalue weighted by Crippen LogP contribution is -2.23. The third kappa shape index (κ3) is 1.83. The topological polar surface area (TPSA) is 32.6 Å². The van der Waals surface area contributed by atoms with Gasteiger partial charge in [0.05, 0.1) is 5.70 Å². The molecule has 1 rings (SSSR count). The minimum absolute atomic E-state index is 0.185. The van der Waals surface area contributed by atoms with E-state index >= 15 is 0 Å². The van der Waals surface area contributed by atoms with Crippen molar-refractivity contribution in [2.24, 2.45) is 16.8 Å². The molecule has 74 valence electrons. The molecule has 0 unspecified atom stereocenters. The van der Waals surface area contributed by atoms with Crippen molar-refractivity contribution >= 4 is 5.71 Å². The van der Waals surface area contributed by atoms with Crippen LogP contribution in [0.2, 0.25) is 0 Å². The SMILES string of the molecule is CC(C)=C1N=C(C(C)C)[C@H](C)[C@H]1O. The van der Waals surface area contributed by atoms with Crippen LogP contribution in [0.4, 0.5) is 0 Å². The van der Waals surface area contributed by atoms with Gasteiger partial charge in [0.1, 0.15) is 6.10 Å². The zero-order valence-electron chi connectivity index (χ0n) is 9.13. The number of allylic oxidation sites excluding steroid dienone is 1. The van der Waals surface area contributed by atoms with Crippen LogP contribution in [0, 0.1) is 11.8 Å². The predicted octanol–water partition coefficient (Wildman–Crippen LogP) is 2.39. The summed E-state index contributed by atoms with van der Waals surface area (Å²) < 4.78 is 0. The minimum atomic E-state index is -0.387. The Bertz CT molecular complexity index is 259. The molecule has 1 N–H and O–H groups in total. The summed E-state index contributed by atoms with van der Waals surface area (Å²) in [6, 6.07) is 0. The highest BCUT2D eigenvalue weighted by atomic mass is 16.3. The van der Waals surface area contributed by atoms with E-state index in [1.54, 1.807) is 0 Å². The molecule has 0 aromatic heterocycles. The third-order valence-electron chi connectivity index (χ3n) is 2.57. The summed E-state index contributed by atoms with van der Waals surface area (Å²) in [7, 11) is 0. The first-order valence-electron chi connectivity index (χ1n) is 4.89. The molecule has 0 radical (unpaired) electrons. The number of aliphatic hydroxyl groups excluding tert-OH is 1. The maximum atomic E-state index is 9.87. The maximum Gasteiger partial charge on any atom is 0.104 e. The molecule has 1 heterocycles. The average Bonchev–Trinajstić information content (AvgIpc) is 2.29. The van der Waals surface area contributed by atoms with Gasteiger partial charge in [-0.3, -0.25) is 4.99 Å². The maximum absolute atomic E-state index is 9.87. The molecular weight excluding hydrogens is 162 g/mol. The molecule has 0 saturated carbocycles. The second-order valence-corrected chi connectivity index (χ2v) is 4.31. The van der Waals surface area contributed by atoms with Crippen molar-refractivity contribution in [3.05, 3.63) is 11.3 Å². The van der Waals surface area contributed by atoms with Gasteiger partial charge in [0.15, 0.2) is 0 Å². The molecule has 0 amide bonds. The highest BCUT2D eigenvalue weighted by Crippen LogP contribution is 2.29. The van der Waals surface area contributed by atoms with Crippen molar-refractivity contribution in [2.75, 3.05) is 0 Å². The standard InChI is InChI=1S/C11H19NO/c1-6(2)9-8(5)11(13)10(12-9)7(3)4/h6,8,11,13H,1-5H3/t8-,11+/m0/s1. The van der Waals surface area contributed by atoms with Crippen LogP contribution in [0.25, 0.3) is 0 Å². The van der Waals surface area contributed by atoms with Crippen molar-refractivity contribution < 1.29 is 5.11 Å². The molecule has 1 aliphatic heterocycles. The van der Waals surface area contributed by atoms with Crippen LogP contribution >= 0.6 is 0 Å². The molecule has 0 bridgehead atoms. The molecule has 0 saturated heterocycles. The molecule has 0 spiro atoms. The van der Waals surface area contributed by atoms with E-state index in [-0.39, 0.29) is 12.0 Å². The molecule has 0 aromatic carbocycles. The predicted molar refractivity (Wildman–Crippen MR) is 55.8 cm³/mol. The van der Waals surface area contributed by atoms with Crippen molar-refractivity contribution in [3.63, 3.8) is 0 Å². The van der Waals surface area contributed by atoms with Crippen molar-refractivity contribution in [1.82, 2.24) is 0 Å². The number of nitrogens with zero attached hydrogens (tertiary/aromatic N) is 1. The molecule has 0 aromatic rings. The molecule has 2 nitrogen and oxygen atoms in total. The summed E-state index contributed by atoms with van der Waals surface area (Å²) in [6.45, 7) is 10.3. The van der Waals surface area contributed by atoms with Gasteiger partial charge in [-0.05, 0) is 19.8 Å². The van der Waals surface area contributed by atoms with E-state index in [0.717, 1.165) is 17.0 Å². The summed E-state index contributed by atoms with van der Waals surface area (Å²) >= 11 is 0. The first-order chi connectivity index (χ1) is 5.95. The van der Waals surface area contributed by atoms with E-state index in [0.29, 0.717) is 5.92 Å². The number of aliphatic hydroxyl groups is 1. The van der Waals surface area contributed by atoms with Gasteiger partial charge in [-0.25, -0.2) is 0 Å². The largest absolute Gasteiger partial charge is 0.386 e. The van der Waals surface area contributed by atoms with Gasteiger partial charge in [0.25, 0.3) is 0 Å². The normalized spacial score (nSPS) is 28.2. The van der Waals surface area contributed by atoms with Gasteiger partial charge < -0.3 is 5.11 Å². The average molecular weight is 181 g/mol. The quantitative estimate of drug-likeness (QED) is 0.662. The summed E-state index contributed by atoms with van der Waals surface area (Å²) in [5, 5.41) is 9.87. The Hall–Kier alpha value is -0.630. The van der Waals surface area contributed by atoms with E-state index in [1.165, 1.54) is 0 Å². The van der Waals surface area contributed by atoms with Crippen molar-refractivity contribution in [1.29, 1.82) is 0 Å². The monoisotopic (exact) mass is 181 g/mol. The van der Waals surface area contributed by atoms with Gasteiger partial charge in [0.2, 0.25) is 0 Å². The lowest BCUT2D eigenvalue weighted by molar-refractivity contribution is 0.186. The van der Waals surface area contributed by atoms with Crippen LogP contribution in [0.3, 0.4) is 0 Å². The first kappa shape index (κ1) is 10.5. The van der Waals surface area contributed by atoms with E-state index in [1.807, 2.05) is 20.8 Å². The fourth-order valence-electron chi connectivity index (χ4n) is 1.77. The fourth-order valence-corrected chi connectivity index (χ4v) is 1.77. The Labute approximate surface area is 80.4 Å². The lowest BCUT2D eigenvalue weighted by Gasteiger charge is -2.13. The van der Waals surface area contributed by atoms with E-state index in [4.69, 9.17) is 0 Å². The van der Waals surface area contributed by atoms with Crippen LogP contribution in [0.15, 0.2) is 16.3 Å². The van der Waals surface area contributed by atoms with Crippen molar-refractivity contribution in [2.45, 2.75) is 40.7 Å². The van der Waals surface area contributed by atoms with Gasteiger partial charge in [-0.2, -0.15) is 0 Å². The Balaban J connectivity index is 3.03. The highest BCUT2D eigenvalue weighted by molar-refractivity contribution is 5.92. The zero-order chi connectivity index (χ0) is 10.2. The van der Waals surface area contributed by atoms with Crippen LogP contribution in [0.1, 0.15) is 34.6 Å². The smallest absolute Gasteiger partial charge is 0.104 e. The second-order valence-electron chi connectivity index (χ2n) is 4.31. The molecule has 2 heteroatoms. The van der Waals surface area contributed by atoms with Gasteiger partial charge in [-0.1, -0.05) is 26.3 Å². The fraction of sp³-hybridized carbons (Fsp3) is 0.727. The summed E-state index contributed by atoms with van der Waals surface area (Å²) in [6.07, 6.45) is -0.387. The van der Waals surface area contributed by atoms with Crippen LogP contribution in [-0.4, -0.2) is 16.9 Å². The van der Waals surface area contributed by atoms with Crippen LogP contribution < -0.4 is 0 Å². The van der Waals surface area contributed by atoms with E-state index < -0.39 is 0 Å². The number of aliphatic imine (C=N–C) groups is 1. The molecule has 1 aliphatic rings. The third-order valence-corrected chi connectivity index (χ3v) is 2.57. The molecular formula is C11H19NO. The van der Waals surface area contributed by atoms with E-state index in [2.05, 4.69) is 18.8 Å². The van der Waals surface area contributed by atoms with Crippen molar-refractivity contribution in [3.8, 4) is 0 Å². The number of rotatable bonds is 1. The number of hydrogen-bond donors (Lipinski definition) is 1. The number of hydrogen-bond acceptors (Lipinski definition) is 2. The Morgan fingerprint density at radius 2 is 1.92 bits per heavy atom. The van der Waals surface area contributed by atoms with Gasteiger partial charge in [0, 0.05) is 11.6 Å². The van der Waals surface area contributed by atoms with Crippen LogP contribution in [0.5, 0.6) is 0 Å². The summed E-state index contributed by atoms with van der Waals surface area (Å²) in [4.78, 5) is 4.50. The zero-order valence-corrected chi connectivity index (χ0v) is 9.13. The lowest BCUT2D eigenvalue weighted by atomic mass is 9.93. The highest BCUT2D eigenvalue weighted by Gasteiger charge is 2.31. The summed E-state index contributed by atoms with van der Waals surface area (Å²) in [5.41, 5.74) is 3.12. The van der Waals surface area contributed by atoms with Gasteiger partial charge >= 0.3 is 0 Å². The molecule has 0 aliphatic carbocycles. The van der Waals surface area contributed by atoms with Crippen LogP contribution in [-0.2, 0) is 0 Å². The first-order valence-corrected chi connectivity index (χ1v) is 4.89. The van der Waals surface area contributed by atoms with E-state index in [9.17, 15) is 5.11 Å². The second kappa shape index (κ2) is 3.62. The summed E-state index contributed by atoms with van der Waals surface area (Å²) in [5.74, 6) is 0.617. The molecule has 0 fully saturated rings.